The van der Waals surface area contributed by atoms with Crippen LogP contribution in [-0.2, 0) is 0 Å². The van der Waals surface area contributed by atoms with Crippen molar-refractivity contribution in [2.24, 2.45) is 15.9 Å². The second kappa shape index (κ2) is 7.71. The summed E-state index contributed by atoms with van der Waals surface area (Å²) >= 11 is 6.00. The zero-order valence-electron chi connectivity index (χ0n) is 17.3. The van der Waals surface area contributed by atoms with E-state index in [9.17, 15) is 0 Å². The summed E-state index contributed by atoms with van der Waals surface area (Å²) in [6, 6.07) is 8.58. The van der Waals surface area contributed by atoms with Crippen LogP contribution in [0.5, 0.6) is 0 Å². The lowest BCUT2D eigenvalue weighted by atomic mass is 9.75. The average Bonchev–Trinajstić information content (AvgIpc) is 2.98. The Kier molecular flexibility index (Phi) is 5.26. The number of benzene rings is 1. The molecule has 5 nitrogen and oxygen atoms in total. The van der Waals surface area contributed by atoms with Crippen molar-refractivity contribution in [1.82, 2.24) is 15.3 Å². The molecule has 0 radical (unpaired) electrons. The van der Waals surface area contributed by atoms with Crippen LogP contribution in [0.3, 0.4) is 0 Å². The molecule has 1 N–H and O–H groups in total. The Morgan fingerprint density at radius 2 is 1.90 bits per heavy atom. The van der Waals surface area contributed by atoms with Gasteiger partial charge < -0.3 is 4.90 Å². The number of rotatable bonds is 5. The largest absolute Gasteiger partial charge is 0.325 e. The number of hydrogen-bond acceptors (Lipinski definition) is 5. The number of allylic oxidation sites excluding steroid dienone is 2. The summed E-state index contributed by atoms with van der Waals surface area (Å²) < 4.78 is 0. The highest BCUT2D eigenvalue weighted by molar-refractivity contribution is 6.30. The fourth-order valence-electron chi connectivity index (χ4n) is 4.32. The van der Waals surface area contributed by atoms with Crippen molar-refractivity contribution in [1.29, 1.82) is 0 Å². The third-order valence-corrected chi connectivity index (χ3v) is 6.20. The van der Waals surface area contributed by atoms with Crippen molar-refractivity contribution >= 4 is 23.8 Å². The van der Waals surface area contributed by atoms with Crippen molar-refractivity contribution in [3.8, 4) is 0 Å². The summed E-state index contributed by atoms with van der Waals surface area (Å²) in [7, 11) is 0. The van der Waals surface area contributed by atoms with Gasteiger partial charge in [-0.3, -0.25) is 10.4 Å². The van der Waals surface area contributed by atoms with E-state index in [1.54, 1.807) is 0 Å². The van der Waals surface area contributed by atoms with Gasteiger partial charge >= 0.3 is 0 Å². The molecule has 3 aliphatic rings. The molecule has 152 valence electrons. The Balaban J connectivity index is 1.34. The zero-order chi connectivity index (χ0) is 20.7. The molecule has 1 saturated carbocycles. The molecule has 2 heterocycles. The molecule has 2 aliphatic heterocycles. The normalized spacial score (nSPS) is 24.2. The van der Waals surface area contributed by atoms with Crippen LogP contribution in [0.25, 0.3) is 0 Å². The predicted molar refractivity (Wildman–Crippen MR) is 121 cm³/mol. The second-order valence-corrected chi connectivity index (χ2v) is 8.74. The standard InChI is InChI=1S/C23H28ClN5/c1-14(2)23-15(3)25-13-28(16(23)4)12-22-26-17(5)29(27-22)21-10-19(11-21)18-6-8-20(24)9-7-18/h6-9,13-14,19,21H,4-5,10-12H2,1-3H3,(H,26,27). The van der Waals surface area contributed by atoms with Gasteiger partial charge in [0.15, 0.2) is 0 Å². The third-order valence-electron chi connectivity index (χ3n) is 5.95. The first-order valence-corrected chi connectivity index (χ1v) is 10.5. The van der Waals surface area contributed by atoms with E-state index in [0.717, 1.165) is 40.9 Å². The van der Waals surface area contributed by atoms with Crippen LogP contribution in [-0.4, -0.2) is 34.7 Å². The summed E-state index contributed by atoms with van der Waals surface area (Å²) in [4.78, 5) is 11.3. The molecule has 0 amide bonds. The van der Waals surface area contributed by atoms with Crippen LogP contribution in [0.2, 0.25) is 5.02 Å². The molecule has 4 rings (SSSR count). The molecule has 0 atom stereocenters. The monoisotopic (exact) mass is 409 g/mol. The van der Waals surface area contributed by atoms with E-state index in [4.69, 9.17) is 11.6 Å². The topological polar surface area (TPSA) is 43.2 Å². The van der Waals surface area contributed by atoms with Crippen molar-refractivity contribution < 1.29 is 0 Å². The second-order valence-electron chi connectivity index (χ2n) is 8.30. The summed E-state index contributed by atoms with van der Waals surface area (Å²) in [5.41, 5.74) is 8.03. The van der Waals surface area contributed by atoms with E-state index >= 15 is 0 Å². The first-order valence-electron chi connectivity index (χ1n) is 10.1. The Hall–Kier alpha value is -2.53. The maximum atomic E-state index is 6.00. The molecule has 1 aliphatic carbocycles. The molecular weight excluding hydrogens is 382 g/mol. The highest BCUT2D eigenvalue weighted by atomic mass is 35.5. The van der Waals surface area contributed by atoms with Crippen LogP contribution in [0.4, 0.5) is 0 Å². The highest BCUT2D eigenvalue weighted by Crippen LogP contribution is 2.41. The van der Waals surface area contributed by atoms with Crippen molar-refractivity contribution in [2.75, 3.05) is 6.54 Å². The quantitative estimate of drug-likeness (QED) is 0.738. The van der Waals surface area contributed by atoms with Gasteiger partial charge in [0.05, 0.1) is 18.9 Å². The minimum atomic E-state index is 0.382. The van der Waals surface area contributed by atoms with Gasteiger partial charge in [-0.25, -0.2) is 9.98 Å². The van der Waals surface area contributed by atoms with Crippen LogP contribution >= 0.6 is 11.6 Å². The number of hydrogen-bond donors (Lipinski definition) is 1. The van der Waals surface area contributed by atoms with E-state index in [1.807, 2.05) is 25.4 Å². The summed E-state index contributed by atoms with van der Waals surface area (Å²) in [5, 5.41) is 2.89. The lowest BCUT2D eigenvalue weighted by molar-refractivity contribution is 0.127. The lowest BCUT2D eigenvalue weighted by Crippen LogP contribution is -2.50. The van der Waals surface area contributed by atoms with E-state index in [0.29, 0.717) is 24.4 Å². The Bertz CT molecular complexity index is 919. The first kappa shape index (κ1) is 19.8. The minimum Gasteiger partial charge on any atom is -0.325 e. The summed E-state index contributed by atoms with van der Waals surface area (Å²) in [5.74, 6) is 2.59. The molecule has 29 heavy (non-hydrogen) atoms. The van der Waals surface area contributed by atoms with Crippen LogP contribution in [0.15, 0.2) is 70.2 Å². The molecule has 1 fully saturated rings. The van der Waals surface area contributed by atoms with E-state index in [2.05, 4.69) is 64.5 Å². The number of amidine groups is 1. The molecule has 1 aromatic rings. The van der Waals surface area contributed by atoms with Gasteiger partial charge in [0.25, 0.3) is 0 Å². The highest BCUT2D eigenvalue weighted by Gasteiger charge is 2.38. The van der Waals surface area contributed by atoms with Gasteiger partial charge in [-0.15, -0.1) is 0 Å². The molecular formula is C23H28ClN5. The van der Waals surface area contributed by atoms with Gasteiger partial charge in [-0.2, -0.15) is 0 Å². The molecule has 6 heteroatoms. The predicted octanol–water partition coefficient (Wildman–Crippen LogP) is 5.06. The van der Waals surface area contributed by atoms with Crippen molar-refractivity contribution in [3.05, 3.63) is 70.8 Å². The SMILES string of the molecule is C=C1C(C(C)C)=C(C)N=CN1CC1=NC(=C)N(C2CC(c3ccc(Cl)cc3)C2)N1. The minimum absolute atomic E-state index is 0.382. The van der Waals surface area contributed by atoms with Gasteiger partial charge in [0.2, 0.25) is 0 Å². The van der Waals surface area contributed by atoms with E-state index < -0.39 is 0 Å². The number of nitrogens with one attached hydrogen (secondary N) is 1. The molecule has 0 bridgehead atoms. The van der Waals surface area contributed by atoms with Gasteiger partial charge in [0.1, 0.15) is 11.7 Å². The summed E-state index contributed by atoms with van der Waals surface area (Å²) in [6.45, 7) is 15.4. The van der Waals surface area contributed by atoms with Gasteiger partial charge in [0, 0.05) is 16.4 Å². The van der Waals surface area contributed by atoms with Crippen molar-refractivity contribution in [3.63, 3.8) is 0 Å². The number of nitrogens with zero attached hydrogens (tertiary/aromatic N) is 4. The molecule has 0 aromatic heterocycles. The first-order chi connectivity index (χ1) is 13.8. The van der Waals surface area contributed by atoms with Crippen LogP contribution in [0, 0.1) is 5.92 Å². The lowest BCUT2D eigenvalue weighted by Gasteiger charge is -2.42. The Labute approximate surface area is 178 Å². The van der Waals surface area contributed by atoms with E-state index in [1.165, 1.54) is 11.1 Å². The average molecular weight is 410 g/mol. The maximum Gasteiger partial charge on any atom is 0.143 e. The Morgan fingerprint density at radius 1 is 1.21 bits per heavy atom. The smallest absolute Gasteiger partial charge is 0.143 e. The molecule has 0 spiro atoms. The Morgan fingerprint density at radius 3 is 2.55 bits per heavy atom. The fraction of sp³-hybridized carbons (Fsp3) is 0.391. The number of halogens is 1. The van der Waals surface area contributed by atoms with E-state index in [-0.39, 0.29) is 0 Å². The van der Waals surface area contributed by atoms with Crippen LogP contribution < -0.4 is 5.43 Å². The number of hydrazine groups is 1. The zero-order valence-corrected chi connectivity index (χ0v) is 18.1. The fourth-order valence-corrected chi connectivity index (χ4v) is 4.45. The third kappa shape index (κ3) is 3.84. The van der Waals surface area contributed by atoms with Crippen LogP contribution in [0.1, 0.15) is 45.1 Å². The molecule has 0 unspecified atom stereocenters. The number of aliphatic imine (C=N–C) groups is 2. The van der Waals surface area contributed by atoms with Gasteiger partial charge in [-0.05, 0) is 54.9 Å². The van der Waals surface area contributed by atoms with Gasteiger partial charge in [-0.1, -0.05) is 50.7 Å². The maximum absolute atomic E-state index is 6.00. The summed E-state index contributed by atoms with van der Waals surface area (Å²) in [6.07, 6.45) is 4.00. The van der Waals surface area contributed by atoms with Crippen molar-refractivity contribution in [2.45, 2.75) is 45.6 Å². The molecule has 1 aromatic carbocycles. The molecule has 0 saturated heterocycles.